The van der Waals surface area contributed by atoms with Gasteiger partial charge in [0.2, 0.25) is 0 Å². The molecule has 0 unspecified atom stereocenters. The Morgan fingerprint density at radius 3 is 2.29 bits per heavy atom. The first-order valence-corrected chi connectivity index (χ1v) is 8.92. The molecule has 2 rings (SSSR count). The fraction of sp³-hybridized carbons (Fsp3) is 0.222. The molecular formula is C18H18BrClN2OS. The van der Waals surface area contributed by atoms with Crippen LogP contribution in [-0.4, -0.2) is 11.0 Å². The van der Waals surface area contributed by atoms with Crippen LogP contribution in [0.15, 0.2) is 46.9 Å². The van der Waals surface area contributed by atoms with Gasteiger partial charge in [-0.05, 0) is 59.6 Å². The monoisotopic (exact) mass is 424 g/mol. The quantitative estimate of drug-likeness (QED) is 0.622. The number of rotatable bonds is 2. The van der Waals surface area contributed by atoms with Gasteiger partial charge in [0.05, 0.1) is 0 Å². The topological polar surface area (TPSA) is 41.1 Å². The summed E-state index contributed by atoms with van der Waals surface area (Å²) in [4.78, 5) is 12.3. The van der Waals surface area contributed by atoms with Gasteiger partial charge in [0.25, 0.3) is 5.91 Å². The Morgan fingerprint density at radius 1 is 1.12 bits per heavy atom. The van der Waals surface area contributed by atoms with E-state index < -0.39 is 0 Å². The average molecular weight is 426 g/mol. The summed E-state index contributed by atoms with van der Waals surface area (Å²) in [6, 6.07) is 12.6. The molecule has 0 aliphatic heterocycles. The highest BCUT2D eigenvalue weighted by atomic mass is 79.9. The molecule has 0 aliphatic rings. The third-order valence-corrected chi connectivity index (χ3v) is 4.48. The summed E-state index contributed by atoms with van der Waals surface area (Å²) in [5, 5.41) is 6.49. The summed E-state index contributed by atoms with van der Waals surface area (Å²) in [6.45, 7) is 6.37. The van der Waals surface area contributed by atoms with Gasteiger partial charge in [-0.15, -0.1) is 0 Å². The van der Waals surface area contributed by atoms with Gasteiger partial charge in [-0.25, -0.2) is 0 Å². The molecule has 0 radical (unpaired) electrons. The van der Waals surface area contributed by atoms with Crippen LogP contribution in [-0.2, 0) is 5.41 Å². The first kappa shape index (κ1) is 18.9. The Morgan fingerprint density at radius 2 is 1.75 bits per heavy atom. The van der Waals surface area contributed by atoms with Crippen molar-refractivity contribution < 1.29 is 4.79 Å². The van der Waals surface area contributed by atoms with Crippen molar-refractivity contribution in [3.63, 3.8) is 0 Å². The maximum absolute atomic E-state index is 12.3. The molecule has 126 valence electrons. The maximum atomic E-state index is 12.3. The minimum atomic E-state index is -0.261. The van der Waals surface area contributed by atoms with Crippen LogP contribution in [0.2, 0.25) is 5.02 Å². The lowest BCUT2D eigenvalue weighted by Crippen LogP contribution is -2.34. The molecule has 0 fully saturated rings. The molecule has 6 heteroatoms. The van der Waals surface area contributed by atoms with E-state index in [9.17, 15) is 4.79 Å². The van der Waals surface area contributed by atoms with Gasteiger partial charge in [-0.2, -0.15) is 0 Å². The zero-order valence-electron chi connectivity index (χ0n) is 13.6. The van der Waals surface area contributed by atoms with Crippen LogP contribution in [0, 0.1) is 0 Å². The molecular weight excluding hydrogens is 408 g/mol. The number of benzene rings is 2. The van der Waals surface area contributed by atoms with Crippen LogP contribution in [0.3, 0.4) is 0 Å². The van der Waals surface area contributed by atoms with Gasteiger partial charge in [0.15, 0.2) is 5.11 Å². The number of anilines is 1. The van der Waals surface area contributed by atoms with Gasteiger partial charge < -0.3 is 5.32 Å². The number of carbonyl (C=O) groups is 1. The number of halogens is 2. The number of thiocarbonyl (C=S) groups is 1. The standard InChI is InChI=1S/C18H18BrClN2OS/c1-18(2,3)14-9-4-11(10-15(14)19)16(23)22-17(24)21-13-7-5-12(20)6-8-13/h4-10H,1-3H3,(H2,21,22,23,24). The number of carbonyl (C=O) groups excluding carboxylic acids is 1. The van der Waals surface area contributed by atoms with Crippen molar-refractivity contribution in [1.29, 1.82) is 0 Å². The molecule has 0 saturated carbocycles. The van der Waals surface area contributed by atoms with Crippen molar-refractivity contribution >= 4 is 56.5 Å². The van der Waals surface area contributed by atoms with Crippen LogP contribution in [0.4, 0.5) is 5.69 Å². The molecule has 24 heavy (non-hydrogen) atoms. The van der Waals surface area contributed by atoms with Gasteiger partial charge in [-0.3, -0.25) is 10.1 Å². The normalized spacial score (nSPS) is 11.0. The van der Waals surface area contributed by atoms with Crippen LogP contribution in [0.25, 0.3) is 0 Å². The molecule has 0 saturated heterocycles. The van der Waals surface area contributed by atoms with Crippen LogP contribution in [0.1, 0.15) is 36.7 Å². The van der Waals surface area contributed by atoms with Gasteiger partial charge >= 0.3 is 0 Å². The third-order valence-electron chi connectivity index (χ3n) is 3.37. The summed E-state index contributed by atoms with van der Waals surface area (Å²) < 4.78 is 0.902. The van der Waals surface area contributed by atoms with Crippen molar-refractivity contribution in [2.75, 3.05) is 5.32 Å². The van der Waals surface area contributed by atoms with Gasteiger partial charge in [0, 0.05) is 20.7 Å². The SMILES string of the molecule is CC(C)(C)c1ccc(C(=O)NC(=S)Nc2ccc(Cl)cc2)cc1Br. The van der Waals surface area contributed by atoms with Crippen molar-refractivity contribution in [3.8, 4) is 0 Å². The fourth-order valence-electron chi connectivity index (χ4n) is 2.14. The molecule has 2 aromatic rings. The highest BCUT2D eigenvalue weighted by Crippen LogP contribution is 2.30. The molecule has 0 atom stereocenters. The second-order valence-electron chi connectivity index (χ2n) is 6.36. The lowest BCUT2D eigenvalue weighted by atomic mass is 9.86. The van der Waals surface area contributed by atoms with E-state index in [0.29, 0.717) is 10.6 Å². The highest BCUT2D eigenvalue weighted by molar-refractivity contribution is 9.10. The predicted molar refractivity (Wildman–Crippen MR) is 108 cm³/mol. The number of amides is 1. The summed E-state index contributed by atoms with van der Waals surface area (Å²) in [5.74, 6) is -0.261. The average Bonchev–Trinajstić information content (AvgIpc) is 2.48. The minimum Gasteiger partial charge on any atom is -0.332 e. The molecule has 0 bridgehead atoms. The largest absolute Gasteiger partial charge is 0.332 e. The molecule has 3 nitrogen and oxygen atoms in total. The summed E-state index contributed by atoms with van der Waals surface area (Å²) in [6.07, 6.45) is 0. The van der Waals surface area contributed by atoms with E-state index in [1.54, 1.807) is 36.4 Å². The third kappa shape index (κ3) is 5.03. The van der Waals surface area contributed by atoms with E-state index in [-0.39, 0.29) is 16.4 Å². The minimum absolute atomic E-state index is 0.000715. The zero-order chi connectivity index (χ0) is 17.9. The highest BCUT2D eigenvalue weighted by Gasteiger charge is 2.18. The van der Waals surface area contributed by atoms with Gasteiger partial charge in [0.1, 0.15) is 0 Å². The zero-order valence-corrected chi connectivity index (χ0v) is 16.8. The summed E-state index contributed by atoms with van der Waals surface area (Å²) in [5.41, 5.74) is 2.43. The number of nitrogens with one attached hydrogen (secondary N) is 2. The smallest absolute Gasteiger partial charge is 0.257 e. The van der Waals surface area contributed by atoms with Crippen molar-refractivity contribution in [2.24, 2.45) is 0 Å². The molecule has 2 aromatic carbocycles. The van der Waals surface area contributed by atoms with Crippen LogP contribution < -0.4 is 10.6 Å². The molecule has 0 spiro atoms. The Balaban J connectivity index is 2.05. The van der Waals surface area contributed by atoms with E-state index in [1.807, 2.05) is 6.07 Å². The lowest BCUT2D eigenvalue weighted by molar-refractivity contribution is 0.0977. The van der Waals surface area contributed by atoms with E-state index in [0.717, 1.165) is 15.7 Å². The Bertz CT molecular complexity index is 770. The first-order chi connectivity index (χ1) is 11.2. The van der Waals surface area contributed by atoms with E-state index in [4.69, 9.17) is 23.8 Å². The van der Waals surface area contributed by atoms with Crippen molar-refractivity contribution in [1.82, 2.24) is 5.32 Å². The van der Waals surface area contributed by atoms with E-state index in [1.165, 1.54) is 0 Å². The lowest BCUT2D eigenvalue weighted by Gasteiger charge is -2.21. The number of hydrogen-bond donors (Lipinski definition) is 2. The molecule has 2 N–H and O–H groups in total. The van der Waals surface area contributed by atoms with E-state index in [2.05, 4.69) is 47.3 Å². The van der Waals surface area contributed by atoms with Crippen LogP contribution >= 0.6 is 39.7 Å². The molecule has 0 heterocycles. The summed E-state index contributed by atoms with van der Waals surface area (Å²) >= 11 is 14.5. The predicted octanol–water partition coefficient (Wildman–Crippen LogP) is 5.53. The first-order valence-electron chi connectivity index (χ1n) is 7.35. The van der Waals surface area contributed by atoms with Crippen molar-refractivity contribution in [3.05, 3.63) is 63.1 Å². The Hall–Kier alpha value is -1.43. The second kappa shape index (κ2) is 7.64. The molecule has 0 aliphatic carbocycles. The number of hydrogen-bond acceptors (Lipinski definition) is 2. The molecule has 1 amide bonds. The second-order valence-corrected chi connectivity index (χ2v) is 8.06. The van der Waals surface area contributed by atoms with Crippen molar-refractivity contribution in [2.45, 2.75) is 26.2 Å². The van der Waals surface area contributed by atoms with Crippen LogP contribution in [0.5, 0.6) is 0 Å². The fourth-order valence-corrected chi connectivity index (χ4v) is 3.45. The van der Waals surface area contributed by atoms with E-state index >= 15 is 0 Å². The summed E-state index contributed by atoms with van der Waals surface area (Å²) in [7, 11) is 0. The Labute approximate surface area is 160 Å². The maximum Gasteiger partial charge on any atom is 0.257 e. The molecule has 0 aromatic heterocycles. The Kier molecular flexibility index (Phi) is 6.01. The van der Waals surface area contributed by atoms with Gasteiger partial charge in [-0.1, -0.05) is 54.4 Å².